The number of nitrogens with zero attached hydrogens (tertiary/aromatic N) is 2. The van der Waals surface area contributed by atoms with Gasteiger partial charge in [0.15, 0.2) is 0 Å². The summed E-state index contributed by atoms with van der Waals surface area (Å²) in [4.78, 5) is 14.2. The summed E-state index contributed by atoms with van der Waals surface area (Å²) in [6, 6.07) is 20.1. The van der Waals surface area contributed by atoms with E-state index in [-0.39, 0.29) is 6.03 Å². The lowest BCUT2D eigenvalue weighted by atomic mass is 9.74. The Morgan fingerprint density at radius 3 is 2.46 bits per heavy atom. The lowest BCUT2D eigenvalue weighted by Gasteiger charge is -2.37. The zero-order valence-electron chi connectivity index (χ0n) is 13.8. The highest BCUT2D eigenvalue weighted by Gasteiger charge is 2.37. The fourth-order valence-electron chi connectivity index (χ4n) is 3.24. The van der Waals surface area contributed by atoms with Crippen molar-refractivity contribution in [2.75, 3.05) is 18.4 Å². The van der Waals surface area contributed by atoms with Gasteiger partial charge in [0.2, 0.25) is 0 Å². The number of anilines is 1. The third-order valence-corrected chi connectivity index (χ3v) is 4.71. The molecule has 2 aromatic rings. The van der Waals surface area contributed by atoms with Crippen molar-refractivity contribution in [3.8, 4) is 6.07 Å². The van der Waals surface area contributed by atoms with Crippen molar-refractivity contribution in [3.63, 3.8) is 0 Å². The maximum atomic E-state index is 12.4. The van der Waals surface area contributed by atoms with Gasteiger partial charge in [-0.1, -0.05) is 42.5 Å². The zero-order valence-corrected chi connectivity index (χ0v) is 13.8. The van der Waals surface area contributed by atoms with E-state index in [0.29, 0.717) is 25.9 Å². The van der Waals surface area contributed by atoms with Crippen LogP contribution in [0.15, 0.2) is 54.6 Å². The molecular weight excluding hydrogens is 298 g/mol. The molecule has 0 saturated carbocycles. The number of urea groups is 1. The molecule has 0 bridgehead atoms. The second-order valence-corrected chi connectivity index (χ2v) is 6.35. The number of aryl methyl sites for hydroxylation is 1. The third-order valence-electron chi connectivity index (χ3n) is 4.71. The smallest absolute Gasteiger partial charge is 0.321 e. The standard InChI is InChI=1S/C20H21N3O/c1-16-6-5-9-18(14-16)22-19(24)23-12-10-20(15-21,11-13-23)17-7-3-2-4-8-17/h2-9,14H,10-13H2,1H3,(H,22,24). The first-order valence-corrected chi connectivity index (χ1v) is 8.22. The molecule has 1 saturated heterocycles. The van der Waals surface area contributed by atoms with Crippen LogP contribution in [0.25, 0.3) is 0 Å². The maximum Gasteiger partial charge on any atom is 0.321 e. The number of rotatable bonds is 2. The lowest BCUT2D eigenvalue weighted by molar-refractivity contribution is 0.183. The van der Waals surface area contributed by atoms with Gasteiger partial charge in [0.1, 0.15) is 0 Å². The van der Waals surface area contributed by atoms with Crippen LogP contribution in [0.3, 0.4) is 0 Å². The summed E-state index contributed by atoms with van der Waals surface area (Å²) in [6.45, 7) is 3.16. The van der Waals surface area contributed by atoms with E-state index in [1.165, 1.54) is 0 Å². The monoisotopic (exact) mass is 319 g/mol. The summed E-state index contributed by atoms with van der Waals surface area (Å²) in [5.41, 5.74) is 2.48. The Morgan fingerprint density at radius 1 is 1.12 bits per heavy atom. The van der Waals surface area contributed by atoms with Crippen molar-refractivity contribution in [2.24, 2.45) is 0 Å². The molecule has 0 radical (unpaired) electrons. The van der Waals surface area contributed by atoms with E-state index < -0.39 is 5.41 Å². The molecule has 0 aliphatic carbocycles. The van der Waals surface area contributed by atoms with E-state index in [4.69, 9.17) is 0 Å². The number of carbonyl (C=O) groups excluding carboxylic acids is 1. The molecule has 3 rings (SSSR count). The van der Waals surface area contributed by atoms with Gasteiger partial charge in [-0.2, -0.15) is 5.26 Å². The number of hydrogen-bond donors (Lipinski definition) is 1. The summed E-state index contributed by atoms with van der Waals surface area (Å²) in [6.07, 6.45) is 1.32. The number of benzene rings is 2. The Hall–Kier alpha value is -2.80. The Balaban J connectivity index is 1.66. The summed E-state index contributed by atoms with van der Waals surface area (Å²) in [5, 5.41) is 12.7. The molecule has 1 fully saturated rings. The van der Waals surface area contributed by atoms with Gasteiger partial charge in [-0.15, -0.1) is 0 Å². The van der Waals surface area contributed by atoms with E-state index in [1.54, 1.807) is 4.90 Å². The van der Waals surface area contributed by atoms with Crippen molar-refractivity contribution >= 4 is 11.7 Å². The Kier molecular flexibility index (Phi) is 4.52. The van der Waals surface area contributed by atoms with Crippen molar-refractivity contribution in [2.45, 2.75) is 25.2 Å². The highest BCUT2D eigenvalue weighted by molar-refractivity contribution is 5.89. The molecule has 4 nitrogen and oxygen atoms in total. The van der Waals surface area contributed by atoms with Crippen LogP contribution >= 0.6 is 0 Å². The van der Waals surface area contributed by atoms with Crippen molar-refractivity contribution in [1.29, 1.82) is 5.26 Å². The molecule has 1 aliphatic rings. The van der Waals surface area contributed by atoms with Crippen LogP contribution in [0.4, 0.5) is 10.5 Å². The highest BCUT2D eigenvalue weighted by Crippen LogP contribution is 2.35. The molecule has 0 atom stereocenters. The molecule has 2 amide bonds. The number of likely N-dealkylation sites (tertiary alicyclic amines) is 1. The SMILES string of the molecule is Cc1cccc(NC(=O)N2CCC(C#N)(c3ccccc3)CC2)c1. The topological polar surface area (TPSA) is 56.1 Å². The first-order chi connectivity index (χ1) is 11.6. The Morgan fingerprint density at radius 2 is 1.83 bits per heavy atom. The lowest BCUT2D eigenvalue weighted by Crippen LogP contribution is -2.46. The fourth-order valence-corrected chi connectivity index (χ4v) is 3.24. The van der Waals surface area contributed by atoms with Crippen LogP contribution in [0.2, 0.25) is 0 Å². The second-order valence-electron chi connectivity index (χ2n) is 6.35. The summed E-state index contributed by atoms with van der Waals surface area (Å²) >= 11 is 0. The molecule has 0 unspecified atom stereocenters. The normalized spacial score (nSPS) is 16.2. The van der Waals surface area contributed by atoms with E-state index in [2.05, 4.69) is 11.4 Å². The number of amides is 2. The van der Waals surface area contributed by atoms with E-state index in [9.17, 15) is 10.1 Å². The molecule has 1 N–H and O–H groups in total. The van der Waals surface area contributed by atoms with Crippen LogP contribution < -0.4 is 5.32 Å². The van der Waals surface area contributed by atoms with Crippen LogP contribution in [-0.2, 0) is 5.41 Å². The minimum Gasteiger partial charge on any atom is -0.324 e. The van der Waals surface area contributed by atoms with E-state index in [0.717, 1.165) is 16.8 Å². The summed E-state index contributed by atoms with van der Waals surface area (Å²) in [5.74, 6) is 0. The Labute approximate surface area is 142 Å². The number of nitriles is 1. The molecule has 4 heteroatoms. The van der Waals surface area contributed by atoms with Crippen LogP contribution in [0, 0.1) is 18.3 Å². The minimum absolute atomic E-state index is 0.0970. The number of nitrogens with one attached hydrogen (secondary N) is 1. The number of carbonyl (C=O) groups is 1. The molecule has 122 valence electrons. The molecule has 24 heavy (non-hydrogen) atoms. The second kappa shape index (κ2) is 6.76. The quantitative estimate of drug-likeness (QED) is 0.906. The number of hydrogen-bond acceptors (Lipinski definition) is 2. The van der Waals surface area contributed by atoms with E-state index >= 15 is 0 Å². The maximum absolute atomic E-state index is 12.4. The van der Waals surface area contributed by atoms with Gasteiger partial charge in [0, 0.05) is 18.8 Å². The Bertz CT molecular complexity index is 756. The van der Waals surface area contributed by atoms with Crippen LogP contribution in [0.5, 0.6) is 0 Å². The minimum atomic E-state index is -0.485. The first kappa shape index (κ1) is 16.1. The first-order valence-electron chi connectivity index (χ1n) is 8.22. The van der Waals surface area contributed by atoms with Gasteiger partial charge in [0.05, 0.1) is 11.5 Å². The van der Waals surface area contributed by atoms with Gasteiger partial charge >= 0.3 is 6.03 Å². The predicted octanol–water partition coefficient (Wildman–Crippen LogP) is 4.08. The van der Waals surface area contributed by atoms with Crippen LogP contribution in [0.1, 0.15) is 24.0 Å². The van der Waals surface area contributed by atoms with Crippen molar-refractivity contribution in [3.05, 3.63) is 65.7 Å². The van der Waals surface area contributed by atoms with Crippen molar-refractivity contribution in [1.82, 2.24) is 4.90 Å². The third kappa shape index (κ3) is 3.26. The number of piperidine rings is 1. The largest absolute Gasteiger partial charge is 0.324 e. The van der Waals surface area contributed by atoms with E-state index in [1.807, 2.05) is 61.5 Å². The fraction of sp³-hybridized carbons (Fsp3) is 0.300. The van der Waals surface area contributed by atoms with Crippen molar-refractivity contribution < 1.29 is 4.79 Å². The molecule has 0 aromatic heterocycles. The van der Waals surface area contributed by atoms with Gasteiger partial charge in [-0.25, -0.2) is 4.79 Å². The molecular formula is C20H21N3O. The molecule has 2 aromatic carbocycles. The molecule has 0 spiro atoms. The summed E-state index contributed by atoms with van der Waals surface area (Å²) < 4.78 is 0. The summed E-state index contributed by atoms with van der Waals surface area (Å²) in [7, 11) is 0. The average molecular weight is 319 g/mol. The predicted molar refractivity (Wildman–Crippen MR) is 94.7 cm³/mol. The van der Waals surface area contributed by atoms with Gasteiger partial charge in [0.25, 0.3) is 0 Å². The van der Waals surface area contributed by atoms with Gasteiger partial charge in [-0.3, -0.25) is 0 Å². The van der Waals surface area contributed by atoms with Gasteiger partial charge < -0.3 is 10.2 Å². The average Bonchev–Trinajstić information content (AvgIpc) is 2.62. The molecule has 1 aliphatic heterocycles. The highest BCUT2D eigenvalue weighted by atomic mass is 16.2. The zero-order chi connectivity index (χ0) is 17.0. The molecule has 1 heterocycles. The van der Waals surface area contributed by atoms with Gasteiger partial charge in [-0.05, 0) is 43.0 Å². The van der Waals surface area contributed by atoms with Crippen LogP contribution in [-0.4, -0.2) is 24.0 Å².